The number of nitrogens with one attached hydrogen (secondary N) is 3. The van der Waals surface area contributed by atoms with Crippen molar-refractivity contribution in [2.45, 2.75) is 39.0 Å². The molecule has 0 saturated carbocycles. The summed E-state index contributed by atoms with van der Waals surface area (Å²) in [7, 11) is 0. The smallest absolute Gasteiger partial charge is 0.269 e. The van der Waals surface area contributed by atoms with Gasteiger partial charge in [-0.05, 0) is 55.0 Å². The molecule has 2 aromatic rings. The number of hydrogen-bond acceptors (Lipinski definition) is 4. The first-order valence-electron chi connectivity index (χ1n) is 9.79. The van der Waals surface area contributed by atoms with Crippen LogP contribution in [0.3, 0.4) is 0 Å². The van der Waals surface area contributed by atoms with Crippen molar-refractivity contribution in [2.24, 2.45) is 0 Å². The molecule has 0 aromatic heterocycles. The minimum atomic E-state index is -0.373. The number of carbonyl (C=O) groups excluding carboxylic acids is 2. The van der Waals surface area contributed by atoms with Crippen molar-refractivity contribution < 1.29 is 14.3 Å². The number of unbranched alkanes of at least 4 members (excludes halogenated alkanes) is 4. The first-order chi connectivity index (χ1) is 14.1. The van der Waals surface area contributed by atoms with Crippen LogP contribution >= 0.6 is 12.2 Å². The molecule has 3 N–H and O–H groups in total. The van der Waals surface area contributed by atoms with Gasteiger partial charge in [-0.3, -0.25) is 25.8 Å². The van der Waals surface area contributed by atoms with E-state index in [4.69, 9.17) is 17.0 Å². The number of hydrogen-bond donors (Lipinski definition) is 3. The number of hydrazine groups is 1. The van der Waals surface area contributed by atoms with Gasteiger partial charge in [0, 0.05) is 11.1 Å². The lowest BCUT2D eigenvalue weighted by Gasteiger charge is -2.11. The van der Waals surface area contributed by atoms with Gasteiger partial charge >= 0.3 is 0 Å². The van der Waals surface area contributed by atoms with Crippen LogP contribution in [0.15, 0.2) is 54.6 Å². The van der Waals surface area contributed by atoms with E-state index in [1.165, 1.54) is 25.7 Å². The third kappa shape index (κ3) is 8.31. The molecule has 29 heavy (non-hydrogen) atoms. The van der Waals surface area contributed by atoms with E-state index in [1.54, 1.807) is 48.5 Å². The van der Waals surface area contributed by atoms with Crippen LogP contribution in [0, 0.1) is 0 Å². The molecule has 0 fully saturated rings. The molecule has 0 unspecified atom stereocenters. The Labute approximate surface area is 177 Å². The Hall–Kier alpha value is -2.93. The quantitative estimate of drug-likeness (QED) is 0.329. The van der Waals surface area contributed by atoms with Gasteiger partial charge in [0.15, 0.2) is 5.11 Å². The topological polar surface area (TPSA) is 79.5 Å². The van der Waals surface area contributed by atoms with E-state index < -0.39 is 0 Å². The second kappa shape index (κ2) is 12.5. The molecule has 2 aromatic carbocycles. The molecule has 0 radical (unpaired) electrons. The maximum absolute atomic E-state index is 12.2. The van der Waals surface area contributed by atoms with Crippen molar-refractivity contribution in [1.29, 1.82) is 0 Å². The Balaban J connectivity index is 1.71. The molecule has 0 heterocycles. The van der Waals surface area contributed by atoms with E-state index in [2.05, 4.69) is 23.1 Å². The van der Waals surface area contributed by atoms with Crippen LogP contribution in [-0.4, -0.2) is 23.5 Å². The summed E-state index contributed by atoms with van der Waals surface area (Å²) in [5.74, 6) is 0.00818. The van der Waals surface area contributed by atoms with Gasteiger partial charge in [0.2, 0.25) is 0 Å². The fourth-order valence-corrected chi connectivity index (χ4v) is 2.72. The molecule has 2 rings (SSSR count). The van der Waals surface area contributed by atoms with Gasteiger partial charge in [0.25, 0.3) is 11.8 Å². The molecule has 6 nitrogen and oxygen atoms in total. The van der Waals surface area contributed by atoms with E-state index >= 15 is 0 Å². The summed E-state index contributed by atoms with van der Waals surface area (Å²) in [5, 5.41) is 2.53. The molecule has 154 valence electrons. The average Bonchev–Trinajstić information content (AvgIpc) is 2.75. The molecule has 0 aliphatic carbocycles. The lowest BCUT2D eigenvalue weighted by molar-refractivity contribution is 0.0934. The lowest BCUT2D eigenvalue weighted by atomic mass is 10.2. The molecule has 0 aliphatic heterocycles. The summed E-state index contributed by atoms with van der Waals surface area (Å²) in [6.07, 6.45) is 5.91. The lowest BCUT2D eigenvalue weighted by Crippen LogP contribution is -2.48. The van der Waals surface area contributed by atoms with Crippen LogP contribution in [-0.2, 0) is 0 Å². The van der Waals surface area contributed by atoms with Crippen LogP contribution < -0.4 is 20.9 Å². The Morgan fingerprint density at radius 1 is 0.828 bits per heavy atom. The van der Waals surface area contributed by atoms with Crippen LogP contribution in [0.1, 0.15) is 59.7 Å². The van der Waals surface area contributed by atoms with Crippen molar-refractivity contribution in [1.82, 2.24) is 16.2 Å². The van der Waals surface area contributed by atoms with E-state index in [-0.39, 0.29) is 16.9 Å². The molecule has 0 saturated heterocycles. The first-order valence-corrected chi connectivity index (χ1v) is 10.2. The highest BCUT2D eigenvalue weighted by molar-refractivity contribution is 7.80. The second-order valence-electron chi connectivity index (χ2n) is 6.52. The molecular weight excluding hydrogens is 386 g/mol. The maximum atomic E-state index is 12.2. The van der Waals surface area contributed by atoms with Crippen LogP contribution in [0.4, 0.5) is 0 Å². The van der Waals surface area contributed by atoms with Gasteiger partial charge in [-0.15, -0.1) is 0 Å². The summed E-state index contributed by atoms with van der Waals surface area (Å²) in [6, 6.07) is 15.5. The predicted molar refractivity (Wildman–Crippen MR) is 118 cm³/mol. The number of carbonyl (C=O) groups is 2. The minimum Gasteiger partial charge on any atom is -0.494 e. The molecule has 0 aliphatic rings. The van der Waals surface area contributed by atoms with Crippen LogP contribution in [0.25, 0.3) is 0 Å². The fraction of sp³-hybridized carbons (Fsp3) is 0.318. The number of thiocarbonyl (C=S) groups is 1. The minimum absolute atomic E-state index is 0.00619. The third-order valence-corrected chi connectivity index (χ3v) is 4.39. The Kier molecular flexibility index (Phi) is 9.65. The van der Waals surface area contributed by atoms with Crippen molar-refractivity contribution >= 4 is 29.1 Å². The molecular formula is C22H27N3O3S. The Morgan fingerprint density at radius 3 is 2.17 bits per heavy atom. The predicted octanol–water partition coefficient (Wildman–Crippen LogP) is 3.99. The summed E-state index contributed by atoms with van der Waals surface area (Å²) in [5.41, 5.74) is 5.88. The summed E-state index contributed by atoms with van der Waals surface area (Å²) < 4.78 is 5.69. The zero-order chi connectivity index (χ0) is 20.9. The number of amides is 2. The molecule has 0 bridgehead atoms. The number of benzene rings is 2. The van der Waals surface area contributed by atoms with Crippen molar-refractivity contribution in [3.05, 3.63) is 65.7 Å². The number of ether oxygens (including phenoxy) is 1. The Morgan fingerprint density at radius 2 is 1.48 bits per heavy atom. The second-order valence-corrected chi connectivity index (χ2v) is 6.92. The van der Waals surface area contributed by atoms with Crippen LogP contribution in [0.2, 0.25) is 0 Å². The first kappa shape index (κ1) is 22.4. The van der Waals surface area contributed by atoms with Gasteiger partial charge in [-0.1, -0.05) is 50.8 Å². The van der Waals surface area contributed by atoms with Gasteiger partial charge in [0.1, 0.15) is 5.75 Å². The highest BCUT2D eigenvalue weighted by Crippen LogP contribution is 2.13. The highest BCUT2D eigenvalue weighted by Gasteiger charge is 2.09. The van der Waals surface area contributed by atoms with Crippen molar-refractivity contribution in [3.63, 3.8) is 0 Å². The van der Waals surface area contributed by atoms with Gasteiger partial charge < -0.3 is 4.74 Å². The van der Waals surface area contributed by atoms with E-state index in [0.717, 1.165) is 12.2 Å². The van der Waals surface area contributed by atoms with Gasteiger partial charge in [-0.2, -0.15) is 0 Å². The summed E-state index contributed by atoms with van der Waals surface area (Å²) in [6.45, 7) is 2.86. The zero-order valence-electron chi connectivity index (χ0n) is 16.6. The molecule has 7 heteroatoms. The largest absolute Gasteiger partial charge is 0.494 e. The van der Waals surface area contributed by atoms with E-state index in [1.807, 2.05) is 6.07 Å². The summed E-state index contributed by atoms with van der Waals surface area (Å²) in [4.78, 5) is 24.2. The monoisotopic (exact) mass is 413 g/mol. The van der Waals surface area contributed by atoms with Gasteiger partial charge in [0.05, 0.1) is 6.61 Å². The highest BCUT2D eigenvalue weighted by atomic mass is 32.1. The summed E-state index contributed by atoms with van der Waals surface area (Å²) >= 11 is 5.04. The van der Waals surface area contributed by atoms with Crippen molar-refractivity contribution in [2.75, 3.05) is 6.61 Å². The molecule has 2 amide bonds. The van der Waals surface area contributed by atoms with Gasteiger partial charge in [-0.25, -0.2) is 0 Å². The van der Waals surface area contributed by atoms with E-state index in [0.29, 0.717) is 17.7 Å². The average molecular weight is 414 g/mol. The zero-order valence-corrected chi connectivity index (χ0v) is 17.4. The fourth-order valence-electron chi connectivity index (χ4n) is 2.58. The van der Waals surface area contributed by atoms with Crippen LogP contribution in [0.5, 0.6) is 5.75 Å². The SMILES string of the molecule is CCCCCCCOc1ccc(C(=O)NC(=S)NNC(=O)c2ccccc2)cc1. The normalized spacial score (nSPS) is 10.1. The van der Waals surface area contributed by atoms with Crippen molar-refractivity contribution in [3.8, 4) is 5.75 Å². The molecule has 0 atom stereocenters. The van der Waals surface area contributed by atoms with E-state index in [9.17, 15) is 9.59 Å². The Bertz CT molecular complexity index is 795. The third-order valence-electron chi connectivity index (χ3n) is 4.19. The molecule has 0 spiro atoms. The number of rotatable bonds is 9. The maximum Gasteiger partial charge on any atom is 0.269 e. The standard InChI is InChI=1S/C22H27N3O3S/c1-2-3-4-5-9-16-28-19-14-12-18(13-15-19)20(26)23-22(29)25-24-21(27)17-10-7-6-8-11-17/h6-8,10-15H,2-5,9,16H2,1H3,(H,24,27)(H2,23,25,26,29).